The minimum absolute atomic E-state index is 0.232. The summed E-state index contributed by atoms with van der Waals surface area (Å²) in [5, 5.41) is 5.80. The first kappa shape index (κ1) is 17.7. The van der Waals surface area contributed by atoms with Crippen molar-refractivity contribution in [1.29, 1.82) is 0 Å². The standard InChI is InChI=1S/C18H22FN3O2/c1-18(2,3)24-17(23)22-16-9-8-15(12-21-16)20-11-10-13-4-6-14(19)7-5-13/h4-9,12,20H,10-11H2,1-3H3,(H,21,22,23). The summed E-state index contributed by atoms with van der Waals surface area (Å²) in [4.78, 5) is 15.8. The lowest BCUT2D eigenvalue weighted by molar-refractivity contribution is 0.0635. The Morgan fingerprint density at radius 1 is 1.17 bits per heavy atom. The van der Waals surface area contributed by atoms with Crippen LogP contribution in [0, 0.1) is 5.82 Å². The summed E-state index contributed by atoms with van der Waals surface area (Å²) in [5.74, 6) is 0.192. The van der Waals surface area contributed by atoms with Crippen LogP contribution in [0.3, 0.4) is 0 Å². The Kier molecular flexibility index (Phi) is 5.73. The predicted molar refractivity (Wildman–Crippen MR) is 92.7 cm³/mol. The fourth-order valence-electron chi connectivity index (χ4n) is 1.98. The molecule has 128 valence electrons. The minimum atomic E-state index is -0.550. The topological polar surface area (TPSA) is 63.2 Å². The van der Waals surface area contributed by atoms with Crippen LogP contribution in [0.25, 0.3) is 0 Å². The molecule has 0 unspecified atom stereocenters. The smallest absolute Gasteiger partial charge is 0.413 e. The Labute approximate surface area is 141 Å². The van der Waals surface area contributed by atoms with Crippen molar-refractivity contribution >= 4 is 17.6 Å². The average Bonchev–Trinajstić information content (AvgIpc) is 2.49. The number of rotatable bonds is 5. The third-order valence-corrected chi connectivity index (χ3v) is 3.05. The number of hydrogen-bond donors (Lipinski definition) is 2. The molecule has 2 aromatic rings. The van der Waals surface area contributed by atoms with Gasteiger partial charge in [-0.25, -0.2) is 14.2 Å². The van der Waals surface area contributed by atoms with Gasteiger partial charge in [-0.3, -0.25) is 5.32 Å². The number of carbonyl (C=O) groups excluding carboxylic acids is 1. The molecule has 1 aromatic heterocycles. The molecule has 0 spiro atoms. The van der Waals surface area contributed by atoms with Gasteiger partial charge in [0.2, 0.25) is 0 Å². The third-order valence-electron chi connectivity index (χ3n) is 3.05. The summed E-state index contributed by atoms with van der Waals surface area (Å²) in [6.45, 7) is 6.10. The predicted octanol–water partition coefficient (Wildman–Crippen LogP) is 4.22. The van der Waals surface area contributed by atoms with Crippen molar-refractivity contribution in [3.63, 3.8) is 0 Å². The fourth-order valence-corrected chi connectivity index (χ4v) is 1.98. The average molecular weight is 331 g/mol. The molecule has 0 saturated heterocycles. The first-order valence-corrected chi connectivity index (χ1v) is 7.76. The van der Waals surface area contributed by atoms with Crippen LogP contribution in [0.2, 0.25) is 0 Å². The molecule has 0 fully saturated rings. The van der Waals surface area contributed by atoms with E-state index in [1.54, 1.807) is 45.2 Å². The maximum Gasteiger partial charge on any atom is 0.413 e. The molecule has 24 heavy (non-hydrogen) atoms. The van der Waals surface area contributed by atoms with E-state index in [0.717, 1.165) is 17.7 Å². The molecule has 0 aliphatic carbocycles. The molecule has 1 heterocycles. The second kappa shape index (κ2) is 7.77. The normalized spacial score (nSPS) is 11.0. The third kappa shape index (κ3) is 6.24. The van der Waals surface area contributed by atoms with Crippen molar-refractivity contribution in [3.8, 4) is 0 Å². The zero-order chi connectivity index (χ0) is 17.6. The summed E-state index contributed by atoms with van der Waals surface area (Å²) in [6, 6.07) is 9.96. The summed E-state index contributed by atoms with van der Waals surface area (Å²) >= 11 is 0. The molecule has 1 amide bonds. The molecule has 6 heteroatoms. The Bertz CT molecular complexity index is 664. The highest BCUT2D eigenvalue weighted by atomic mass is 19.1. The molecule has 1 aromatic carbocycles. The summed E-state index contributed by atoms with van der Waals surface area (Å²) < 4.78 is 18.0. The van der Waals surface area contributed by atoms with E-state index in [4.69, 9.17) is 4.74 Å². The number of benzene rings is 1. The summed E-state index contributed by atoms with van der Waals surface area (Å²) in [5.41, 5.74) is 1.35. The van der Waals surface area contributed by atoms with Crippen LogP contribution in [0.4, 0.5) is 20.7 Å². The number of amides is 1. The number of ether oxygens (including phenoxy) is 1. The van der Waals surface area contributed by atoms with E-state index in [-0.39, 0.29) is 5.82 Å². The molecule has 0 bridgehead atoms. The number of nitrogens with one attached hydrogen (secondary N) is 2. The number of anilines is 2. The van der Waals surface area contributed by atoms with Gasteiger partial charge in [-0.15, -0.1) is 0 Å². The van der Waals surface area contributed by atoms with Crippen molar-refractivity contribution < 1.29 is 13.9 Å². The number of carbonyl (C=O) groups is 1. The maximum absolute atomic E-state index is 12.8. The van der Waals surface area contributed by atoms with Crippen molar-refractivity contribution in [3.05, 3.63) is 54.0 Å². The van der Waals surface area contributed by atoms with Crippen LogP contribution in [0.1, 0.15) is 26.3 Å². The molecule has 0 aliphatic heterocycles. The molecule has 0 atom stereocenters. The number of halogens is 1. The van der Waals surface area contributed by atoms with Crippen molar-refractivity contribution in [1.82, 2.24) is 4.98 Å². The Balaban J connectivity index is 1.79. The molecule has 2 N–H and O–H groups in total. The van der Waals surface area contributed by atoms with Crippen LogP contribution < -0.4 is 10.6 Å². The minimum Gasteiger partial charge on any atom is -0.444 e. The highest BCUT2D eigenvalue weighted by molar-refractivity contribution is 5.83. The van der Waals surface area contributed by atoms with Crippen LogP contribution in [0.5, 0.6) is 0 Å². The lowest BCUT2D eigenvalue weighted by atomic mass is 10.1. The fraction of sp³-hybridized carbons (Fsp3) is 0.333. The zero-order valence-corrected chi connectivity index (χ0v) is 14.1. The van der Waals surface area contributed by atoms with E-state index in [1.165, 1.54) is 12.1 Å². The first-order valence-electron chi connectivity index (χ1n) is 7.76. The van der Waals surface area contributed by atoms with Crippen molar-refractivity contribution in [2.75, 3.05) is 17.2 Å². The highest BCUT2D eigenvalue weighted by Gasteiger charge is 2.16. The Hall–Kier alpha value is -2.63. The van der Waals surface area contributed by atoms with E-state index in [0.29, 0.717) is 12.4 Å². The monoisotopic (exact) mass is 331 g/mol. The van der Waals surface area contributed by atoms with Gasteiger partial charge in [-0.2, -0.15) is 0 Å². The Morgan fingerprint density at radius 3 is 2.46 bits per heavy atom. The van der Waals surface area contributed by atoms with E-state index >= 15 is 0 Å². The molecular weight excluding hydrogens is 309 g/mol. The van der Waals surface area contributed by atoms with Crippen molar-refractivity contribution in [2.45, 2.75) is 32.8 Å². The van der Waals surface area contributed by atoms with Crippen molar-refractivity contribution in [2.24, 2.45) is 0 Å². The number of aromatic nitrogens is 1. The van der Waals surface area contributed by atoms with Crippen LogP contribution in [0.15, 0.2) is 42.6 Å². The maximum atomic E-state index is 12.8. The van der Waals surface area contributed by atoms with Gasteiger partial charge >= 0.3 is 6.09 Å². The highest BCUT2D eigenvalue weighted by Crippen LogP contribution is 2.13. The Morgan fingerprint density at radius 2 is 1.88 bits per heavy atom. The van der Waals surface area contributed by atoms with Gasteiger partial charge in [0.15, 0.2) is 0 Å². The molecule has 5 nitrogen and oxygen atoms in total. The van der Waals surface area contributed by atoms with E-state index in [2.05, 4.69) is 15.6 Å². The van der Waals surface area contributed by atoms with Gasteiger partial charge in [-0.1, -0.05) is 12.1 Å². The van der Waals surface area contributed by atoms with Crippen LogP contribution >= 0.6 is 0 Å². The number of nitrogens with zero attached hydrogens (tertiary/aromatic N) is 1. The first-order chi connectivity index (χ1) is 11.3. The second-order valence-electron chi connectivity index (χ2n) is 6.36. The van der Waals surface area contributed by atoms with Gasteiger partial charge < -0.3 is 10.1 Å². The van der Waals surface area contributed by atoms with Gasteiger partial charge in [0.05, 0.1) is 11.9 Å². The lowest BCUT2D eigenvalue weighted by Gasteiger charge is -2.19. The lowest BCUT2D eigenvalue weighted by Crippen LogP contribution is -2.27. The molecule has 2 rings (SSSR count). The SMILES string of the molecule is CC(C)(C)OC(=O)Nc1ccc(NCCc2ccc(F)cc2)cn1. The van der Waals surface area contributed by atoms with E-state index in [1.807, 2.05) is 6.07 Å². The second-order valence-corrected chi connectivity index (χ2v) is 6.36. The number of pyridine rings is 1. The van der Waals surface area contributed by atoms with E-state index < -0.39 is 11.7 Å². The van der Waals surface area contributed by atoms with Crippen LogP contribution in [-0.2, 0) is 11.2 Å². The summed E-state index contributed by atoms with van der Waals surface area (Å²) in [6.07, 6.45) is 1.88. The molecule has 0 aliphatic rings. The number of hydrogen-bond acceptors (Lipinski definition) is 4. The van der Waals surface area contributed by atoms with E-state index in [9.17, 15) is 9.18 Å². The van der Waals surface area contributed by atoms with Gasteiger partial charge in [0, 0.05) is 6.54 Å². The van der Waals surface area contributed by atoms with Gasteiger partial charge in [0.1, 0.15) is 17.2 Å². The molecule has 0 saturated carbocycles. The van der Waals surface area contributed by atoms with Crippen LogP contribution in [-0.4, -0.2) is 23.2 Å². The zero-order valence-electron chi connectivity index (χ0n) is 14.1. The summed E-state index contributed by atoms with van der Waals surface area (Å²) in [7, 11) is 0. The quantitative estimate of drug-likeness (QED) is 0.861. The largest absolute Gasteiger partial charge is 0.444 e. The molecular formula is C18H22FN3O2. The molecule has 0 radical (unpaired) electrons. The van der Waals surface area contributed by atoms with Gasteiger partial charge in [-0.05, 0) is 57.0 Å². The van der Waals surface area contributed by atoms with Gasteiger partial charge in [0.25, 0.3) is 0 Å².